The van der Waals surface area contributed by atoms with Crippen LogP contribution in [0.3, 0.4) is 0 Å². The maximum Gasteiger partial charge on any atom is 0.208 e. The smallest absolute Gasteiger partial charge is 0.208 e. The van der Waals surface area contributed by atoms with Gasteiger partial charge in [-0.3, -0.25) is 4.79 Å². The highest BCUT2D eigenvalue weighted by atomic mass is 32.1. The van der Waals surface area contributed by atoms with E-state index < -0.39 is 0 Å². The first-order valence-corrected chi connectivity index (χ1v) is 8.74. The van der Waals surface area contributed by atoms with Gasteiger partial charge in [0.2, 0.25) is 5.13 Å². The Morgan fingerprint density at radius 1 is 1.22 bits per heavy atom. The van der Waals surface area contributed by atoms with Crippen LogP contribution in [0.15, 0.2) is 24.3 Å². The first kappa shape index (κ1) is 16.1. The summed E-state index contributed by atoms with van der Waals surface area (Å²) in [5, 5.41) is 10.5. The molecule has 2 heterocycles. The van der Waals surface area contributed by atoms with Crippen LogP contribution in [-0.4, -0.2) is 29.1 Å². The van der Waals surface area contributed by atoms with Gasteiger partial charge in [-0.05, 0) is 37.1 Å². The summed E-state index contributed by atoms with van der Waals surface area (Å²) >= 11 is 1.63. The highest BCUT2D eigenvalue weighted by Crippen LogP contribution is 2.30. The number of aromatic nitrogens is 2. The Kier molecular flexibility index (Phi) is 4.71. The lowest BCUT2D eigenvalue weighted by Crippen LogP contribution is -2.36. The lowest BCUT2D eigenvalue weighted by molar-refractivity contribution is 0.0900. The van der Waals surface area contributed by atoms with Crippen LogP contribution in [0.25, 0.3) is 0 Å². The van der Waals surface area contributed by atoms with Crippen LogP contribution in [0.5, 0.6) is 0 Å². The van der Waals surface area contributed by atoms with Crippen molar-refractivity contribution in [1.29, 1.82) is 0 Å². The third kappa shape index (κ3) is 3.58. The molecule has 1 aromatic heterocycles. The minimum atomic E-state index is -0.311. The summed E-state index contributed by atoms with van der Waals surface area (Å²) in [4.78, 5) is 14.7. The SMILES string of the molecule is CC(C)c1nnc(N2CCC(C(=O)c3ccc(F)cc3)CC2)s1. The van der Waals surface area contributed by atoms with Crippen LogP contribution in [0.4, 0.5) is 9.52 Å². The average molecular weight is 333 g/mol. The molecule has 0 radical (unpaired) electrons. The molecular weight excluding hydrogens is 313 g/mol. The second-order valence-corrected chi connectivity index (χ2v) is 7.20. The fourth-order valence-electron chi connectivity index (χ4n) is 2.77. The van der Waals surface area contributed by atoms with Crippen molar-refractivity contribution in [2.45, 2.75) is 32.6 Å². The number of hydrogen-bond donors (Lipinski definition) is 0. The van der Waals surface area contributed by atoms with Crippen molar-refractivity contribution in [3.05, 3.63) is 40.7 Å². The molecule has 1 aliphatic heterocycles. The van der Waals surface area contributed by atoms with Crippen LogP contribution in [0.2, 0.25) is 0 Å². The molecule has 3 rings (SSSR count). The van der Waals surface area contributed by atoms with Crippen molar-refractivity contribution in [1.82, 2.24) is 10.2 Å². The molecule has 0 amide bonds. The largest absolute Gasteiger partial charge is 0.347 e. The molecule has 0 atom stereocenters. The molecular formula is C17H20FN3OS. The van der Waals surface area contributed by atoms with E-state index in [1.807, 2.05) is 0 Å². The Balaban J connectivity index is 1.61. The zero-order chi connectivity index (χ0) is 16.4. The number of piperidine rings is 1. The van der Waals surface area contributed by atoms with Crippen LogP contribution in [0, 0.1) is 11.7 Å². The molecule has 23 heavy (non-hydrogen) atoms. The summed E-state index contributed by atoms with van der Waals surface area (Å²) in [7, 11) is 0. The van der Waals surface area contributed by atoms with Gasteiger partial charge in [0, 0.05) is 30.5 Å². The number of halogens is 1. The van der Waals surface area contributed by atoms with Crippen molar-refractivity contribution in [2.24, 2.45) is 5.92 Å². The van der Waals surface area contributed by atoms with Gasteiger partial charge in [-0.15, -0.1) is 10.2 Å². The van der Waals surface area contributed by atoms with Crippen molar-refractivity contribution in [3.63, 3.8) is 0 Å². The zero-order valence-corrected chi connectivity index (χ0v) is 14.1. The van der Waals surface area contributed by atoms with Gasteiger partial charge in [0.05, 0.1) is 0 Å². The molecule has 0 spiro atoms. The van der Waals surface area contributed by atoms with Gasteiger partial charge in [0.15, 0.2) is 5.78 Å². The Labute approximate surface area is 139 Å². The lowest BCUT2D eigenvalue weighted by Gasteiger charge is -2.30. The zero-order valence-electron chi connectivity index (χ0n) is 13.3. The van der Waals surface area contributed by atoms with Gasteiger partial charge >= 0.3 is 0 Å². The molecule has 0 N–H and O–H groups in total. The van der Waals surface area contributed by atoms with Crippen LogP contribution in [-0.2, 0) is 0 Å². The number of rotatable bonds is 4. The lowest BCUT2D eigenvalue weighted by atomic mass is 9.89. The number of Topliss-reactive ketones (excluding diaryl/α,β-unsaturated/α-hetero) is 1. The molecule has 1 aromatic carbocycles. The normalized spacial score (nSPS) is 16.1. The first-order valence-electron chi connectivity index (χ1n) is 7.92. The van der Waals surface area contributed by atoms with E-state index in [9.17, 15) is 9.18 Å². The third-order valence-electron chi connectivity index (χ3n) is 4.19. The molecule has 1 saturated heterocycles. The summed E-state index contributed by atoms with van der Waals surface area (Å²) < 4.78 is 13.0. The quantitative estimate of drug-likeness (QED) is 0.796. The fourth-order valence-corrected chi connectivity index (χ4v) is 3.67. The topological polar surface area (TPSA) is 46.1 Å². The maximum atomic E-state index is 13.0. The molecule has 122 valence electrons. The molecule has 4 nitrogen and oxygen atoms in total. The Morgan fingerprint density at radius 3 is 2.43 bits per heavy atom. The predicted octanol–water partition coefficient (Wildman–Crippen LogP) is 3.90. The van der Waals surface area contributed by atoms with E-state index in [1.165, 1.54) is 12.1 Å². The van der Waals surface area contributed by atoms with E-state index in [-0.39, 0.29) is 17.5 Å². The molecule has 0 saturated carbocycles. The van der Waals surface area contributed by atoms with Gasteiger partial charge in [0.1, 0.15) is 10.8 Å². The van der Waals surface area contributed by atoms with E-state index in [1.54, 1.807) is 23.5 Å². The molecule has 0 aliphatic carbocycles. The Hall–Kier alpha value is -1.82. The molecule has 6 heteroatoms. The maximum absolute atomic E-state index is 13.0. The van der Waals surface area contributed by atoms with E-state index in [2.05, 4.69) is 28.9 Å². The number of nitrogens with zero attached hydrogens (tertiary/aromatic N) is 3. The molecule has 0 unspecified atom stereocenters. The van der Waals surface area contributed by atoms with Crippen LogP contribution < -0.4 is 4.90 Å². The van der Waals surface area contributed by atoms with Crippen molar-refractivity contribution >= 4 is 22.3 Å². The van der Waals surface area contributed by atoms with Crippen LogP contribution in [0.1, 0.15) is 48.0 Å². The number of hydrogen-bond acceptors (Lipinski definition) is 5. The van der Waals surface area contributed by atoms with Gasteiger partial charge in [-0.1, -0.05) is 25.2 Å². The fraction of sp³-hybridized carbons (Fsp3) is 0.471. The highest BCUT2D eigenvalue weighted by Gasteiger charge is 2.27. The first-order chi connectivity index (χ1) is 11.0. The van der Waals surface area contributed by atoms with E-state index in [0.717, 1.165) is 36.1 Å². The van der Waals surface area contributed by atoms with Gasteiger partial charge in [0.25, 0.3) is 0 Å². The highest BCUT2D eigenvalue weighted by molar-refractivity contribution is 7.15. The van der Waals surface area contributed by atoms with Crippen molar-refractivity contribution in [2.75, 3.05) is 18.0 Å². The Bertz CT molecular complexity index is 675. The van der Waals surface area contributed by atoms with Gasteiger partial charge < -0.3 is 4.90 Å². The number of ketones is 1. The number of carbonyl (C=O) groups is 1. The summed E-state index contributed by atoms with van der Waals surface area (Å²) in [6, 6.07) is 5.83. The number of benzene rings is 1. The third-order valence-corrected chi connectivity index (χ3v) is 5.47. The summed E-state index contributed by atoms with van der Waals surface area (Å²) in [5.41, 5.74) is 0.600. The van der Waals surface area contributed by atoms with E-state index in [4.69, 9.17) is 0 Å². The number of carbonyl (C=O) groups excluding carboxylic acids is 1. The molecule has 0 bridgehead atoms. The second kappa shape index (κ2) is 6.74. The standard InChI is InChI=1S/C17H20FN3OS/c1-11(2)16-19-20-17(23-16)21-9-7-13(8-10-21)15(22)12-3-5-14(18)6-4-12/h3-6,11,13H,7-10H2,1-2H3. The molecule has 2 aromatic rings. The van der Waals surface area contributed by atoms with E-state index in [0.29, 0.717) is 11.5 Å². The van der Waals surface area contributed by atoms with E-state index >= 15 is 0 Å². The Morgan fingerprint density at radius 2 is 1.87 bits per heavy atom. The average Bonchev–Trinajstić information content (AvgIpc) is 3.05. The number of anilines is 1. The monoisotopic (exact) mass is 333 g/mol. The van der Waals surface area contributed by atoms with Gasteiger partial charge in [-0.25, -0.2) is 4.39 Å². The minimum absolute atomic E-state index is 0.00852. The van der Waals surface area contributed by atoms with Crippen molar-refractivity contribution < 1.29 is 9.18 Å². The second-order valence-electron chi connectivity index (χ2n) is 6.21. The molecule has 1 fully saturated rings. The molecule has 1 aliphatic rings. The summed E-state index contributed by atoms with van der Waals surface area (Å²) in [6.07, 6.45) is 1.60. The minimum Gasteiger partial charge on any atom is -0.347 e. The summed E-state index contributed by atoms with van der Waals surface area (Å²) in [6.45, 7) is 5.84. The predicted molar refractivity (Wildman–Crippen MR) is 89.7 cm³/mol. The summed E-state index contributed by atoms with van der Waals surface area (Å²) in [5.74, 6) is 0.200. The van der Waals surface area contributed by atoms with Gasteiger partial charge in [-0.2, -0.15) is 0 Å². The van der Waals surface area contributed by atoms with Crippen LogP contribution >= 0.6 is 11.3 Å². The van der Waals surface area contributed by atoms with Crippen molar-refractivity contribution in [3.8, 4) is 0 Å².